The third-order valence-electron chi connectivity index (χ3n) is 16.8. The maximum absolute atomic E-state index is 12.5. The van der Waals surface area contributed by atoms with Gasteiger partial charge in [0.25, 0.3) is 0 Å². The molecular formula is C72H139NO5. The van der Waals surface area contributed by atoms with Crippen LogP contribution in [-0.4, -0.2) is 47.4 Å². The van der Waals surface area contributed by atoms with Crippen LogP contribution in [-0.2, 0) is 14.3 Å². The molecule has 0 fully saturated rings. The number of carbonyl (C=O) groups is 2. The van der Waals surface area contributed by atoms with E-state index >= 15 is 0 Å². The molecule has 0 heterocycles. The van der Waals surface area contributed by atoms with E-state index in [1.165, 1.54) is 321 Å². The fourth-order valence-corrected chi connectivity index (χ4v) is 11.3. The number of esters is 1. The van der Waals surface area contributed by atoms with E-state index in [4.69, 9.17) is 4.74 Å². The maximum atomic E-state index is 12.5. The molecule has 78 heavy (non-hydrogen) atoms. The van der Waals surface area contributed by atoms with Crippen molar-refractivity contribution < 1.29 is 24.5 Å². The topological polar surface area (TPSA) is 95.9 Å². The number of nitrogens with one attached hydrogen (secondary N) is 1. The van der Waals surface area contributed by atoms with Gasteiger partial charge in [-0.3, -0.25) is 9.59 Å². The Hall–Kier alpha value is -1.66. The fourth-order valence-electron chi connectivity index (χ4n) is 11.3. The highest BCUT2D eigenvalue weighted by Crippen LogP contribution is 2.19. The number of carbonyl (C=O) groups excluding carboxylic acids is 2. The van der Waals surface area contributed by atoms with Crippen LogP contribution < -0.4 is 5.32 Å². The molecule has 0 aliphatic carbocycles. The summed E-state index contributed by atoms with van der Waals surface area (Å²) in [4.78, 5) is 24.6. The molecule has 0 aliphatic rings. The zero-order chi connectivity index (χ0) is 56.4. The Morgan fingerprint density at radius 1 is 0.359 bits per heavy atom. The second kappa shape index (κ2) is 67.8. The Morgan fingerprint density at radius 2 is 0.641 bits per heavy atom. The van der Waals surface area contributed by atoms with Gasteiger partial charge in [-0.2, -0.15) is 0 Å². The van der Waals surface area contributed by atoms with Gasteiger partial charge in [-0.15, -0.1) is 0 Å². The Kier molecular flexibility index (Phi) is 66.4. The Balaban J connectivity index is 3.37. The summed E-state index contributed by atoms with van der Waals surface area (Å²) in [6.45, 7) is 4.98. The molecule has 0 saturated carbocycles. The lowest BCUT2D eigenvalue weighted by Gasteiger charge is -2.22. The molecule has 0 rings (SSSR count). The van der Waals surface area contributed by atoms with Crippen LogP contribution in [0.15, 0.2) is 24.3 Å². The van der Waals surface area contributed by atoms with Crippen LogP contribution in [0.25, 0.3) is 0 Å². The molecule has 0 aliphatic heterocycles. The van der Waals surface area contributed by atoms with Crippen molar-refractivity contribution in [2.45, 2.75) is 411 Å². The van der Waals surface area contributed by atoms with E-state index in [2.05, 4.69) is 43.5 Å². The molecule has 0 aromatic rings. The van der Waals surface area contributed by atoms with Crippen molar-refractivity contribution in [1.82, 2.24) is 5.32 Å². The van der Waals surface area contributed by atoms with Gasteiger partial charge >= 0.3 is 5.97 Å². The minimum absolute atomic E-state index is 0.0175. The van der Waals surface area contributed by atoms with Crippen molar-refractivity contribution in [2.75, 3.05) is 13.2 Å². The summed E-state index contributed by atoms with van der Waals surface area (Å²) in [5.41, 5.74) is 0. The maximum Gasteiger partial charge on any atom is 0.305 e. The van der Waals surface area contributed by atoms with Gasteiger partial charge in [0.15, 0.2) is 0 Å². The van der Waals surface area contributed by atoms with E-state index < -0.39 is 12.1 Å². The number of hydrogen-bond acceptors (Lipinski definition) is 5. The van der Waals surface area contributed by atoms with E-state index in [0.717, 1.165) is 44.9 Å². The highest BCUT2D eigenvalue weighted by atomic mass is 16.5. The molecule has 462 valence electrons. The summed E-state index contributed by atoms with van der Waals surface area (Å²) in [6, 6.07) is -0.541. The number of rotatable bonds is 67. The van der Waals surface area contributed by atoms with Crippen molar-refractivity contribution in [3.63, 3.8) is 0 Å². The Bertz CT molecular complexity index is 1220. The van der Waals surface area contributed by atoms with Gasteiger partial charge in [-0.05, 0) is 57.8 Å². The van der Waals surface area contributed by atoms with Crippen molar-refractivity contribution in [1.29, 1.82) is 0 Å². The summed E-state index contributed by atoms with van der Waals surface area (Å²) in [6.07, 6.45) is 85.2. The number of aliphatic hydroxyl groups excluding tert-OH is 2. The first kappa shape index (κ1) is 76.3. The van der Waals surface area contributed by atoms with Gasteiger partial charge in [0.1, 0.15) is 0 Å². The molecule has 2 unspecified atom stereocenters. The molecule has 0 saturated heterocycles. The van der Waals surface area contributed by atoms with Crippen molar-refractivity contribution in [3.8, 4) is 0 Å². The second-order valence-electron chi connectivity index (χ2n) is 24.6. The standard InChI is InChI=1S/C72H139NO5/c1-3-5-7-9-11-13-15-17-18-19-31-35-38-42-46-50-54-58-62-66-72(77)78-67-63-59-55-51-47-43-39-36-33-30-28-26-24-22-20-21-23-25-27-29-32-34-37-41-45-49-53-57-61-65-71(76)73-69(68-74)70(75)64-60-56-52-48-44-40-16-14-12-10-8-6-4-2/h20,22,26,28,69-70,74-75H,3-19,21,23-25,27,29-68H2,1-2H3,(H,73,76)/b22-20-,28-26-. The quantitative estimate of drug-likeness (QED) is 0.0320. The van der Waals surface area contributed by atoms with Crippen LogP contribution in [0.4, 0.5) is 0 Å². The molecule has 2 atom stereocenters. The van der Waals surface area contributed by atoms with Gasteiger partial charge in [-0.1, -0.05) is 353 Å². The lowest BCUT2D eigenvalue weighted by molar-refractivity contribution is -0.143. The molecule has 0 aromatic heterocycles. The fraction of sp³-hybridized carbons (Fsp3) is 0.917. The third kappa shape index (κ3) is 63.5. The molecule has 0 spiro atoms. The summed E-state index contributed by atoms with van der Waals surface area (Å²) >= 11 is 0. The lowest BCUT2D eigenvalue weighted by atomic mass is 10.0. The minimum Gasteiger partial charge on any atom is -0.466 e. The number of amides is 1. The number of allylic oxidation sites excluding steroid dienone is 4. The van der Waals surface area contributed by atoms with Crippen LogP contribution in [0.3, 0.4) is 0 Å². The van der Waals surface area contributed by atoms with E-state index in [1.807, 2.05) is 0 Å². The first-order valence-corrected chi connectivity index (χ1v) is 35.6. The molecule has 6 nitrogen and oxygen atoms in total. The van der Waals surface area contributed by atoms with Crippen molar-refractivity contribution >= 4 is 11.9 Å². The minimum atomic E-state index is -0.664. The first-order valence-electron chi connectivity index (χ1n) is 35.6. The third-order valence-corrected chi connectivity index (χ3v) is 16.8. The zero-order valence-electron chi connectivity index (χ0n) is 52.9. The van der Waals surface area contributed by atoms with Crippen LogP contribution in [0, 0.1) is 0 Å². The van der Waals surface area contributed by atoms with Crippen molar-refractivity contribution in [3.05, 3.63) is 24.3 Å². The van der Waals surface area contributed by atoms with E-state index in [9.17, 15) is 19.8 Å². The smallest absolute Gasteiger partial charge is 0.305 e. The SMILES string of the molecule is CCCCCCCCCCCCCCCCCCCCCC(=O)OCCCCCCCCCCC/C=C\C/C=C\CCCCCCCCCCCCCCCC(=O)NC(CO)C(O)CCCCCCCCCCCCCCC. The highest BCUT2D eigenvalue weighted by molar-refractivity contribution is 5.76. The first-order chi connectivity index (χ1) is 38.5. The summed E-state index contributed by atoms with van der Waals surface area (Å²) in [5, 5.41) is 23.3. The van der Waals surface area contributed by atoms with Gasteiger partial charge in [0, 0.05) is 12.8 Å². The van der Waals surface area contributed by atoms with Crippen LogP contribution in [0.5, 0.6) is 0 Å². The highest BCUT2D eigenvalue weighted by Gasteiger charge is 2.20. The number of aliphatic hydroxyl groups is 2. The normalized spacial score (nSPS) is 12.6. The van der Waals surface area contributed by atoms with Crippen LogP contribution in [0.2, 0.25) is 0 Å². The molecule has 1 amide bonds. The van der Waals surface area contributed by atoms with Gasteiger partial charge in [-0.25, -0.2) is 0 Å². The van der Waals surface area contributed by atoms with Gasteiger partial charge in [0.05, 0.1) is 25.4 Å². The van der Waals surface area contributed by atoms with Crippen LogP contribution in [0.1, 0.15) is 399 Å². The summed E-state index contributed by atoms with van der Waals surface area (Å²) < 4.78 is 5.51. The average molecular weight is 1100 g/mol. The summed E-state index contributed by atoms with van der Waals surface area (Å²) in [7, 11) is 0. The molecule has 0 radical (unpaired) electrons. The lowest BCUT2D eigenvalue weighted by Crippen LogP contribution is -2.45. The van der Waals surface area contributed by atoms with Gasteiger partial charge < -0.3 is 20.3 Å². The zero-order valence-corrected chi connectivity index (χ0v) is 52.9. The second-order valence-corrected chi connectivity index (χ2v) is 24.6. The number of unbranched alkanes of at least 4 members (excludes halogenated alkanes) is 52. The predicted octanol–water partition coefficient (Wildman–Crippen LogP) is 22.9. The molecule has 3 N–H and O–H groups in total. The Labute approximate surface area is 488 Å². The molecular weight excluding hydrogens is 959 g/mol. The van der Waals surface area contributed by atoms with Crippen molar-refractivity contribution in [2.24, 2.45) is 0 Å². The monoisotopic (exact) mass is 1100 g/mol. The van der Waals surface area contributed by atoms with E-state index in [1.54, 1.807) is 0 Å². The molecule has 6 heteroatoms. The summed E-state index contributed by atoms with van der Waals surface area (Å²) in [5.74, 6) is -0.0166. The van der Waals surface area contributed by atoms with Gasteiger partial charge in [0.2, 0.25) is 5.91 Å². The number of hydrogen-bond donors (Lipinski definition) is 3. The van der Waals surface area contributed by atoms with E-state index in [0.29, 0.717) is 25.9 Å². The largest absolute Gasteiger partial charge is 0.466 e. The Morgan fingerprint density at radius 3 is 0.974 bits per heavy atom. The molecule has 0 bridgehead atoms. The van der Waals surface area contributed by atoms with Crippen LogP contribution >= 0.6 is 0 Å². The number of ether oxygens (including phenoxy) is 1. The van der Waals surface area contributed by atoms with E-state index in [-0.39, 0.29) is 18.5 Å². The average Bonchev–Trinajstić information content (AvgIpc) is 3.44. The predicted molar refractivity (Wildman–Crippen MR) is 343 cm³/mol. The molecule has 0 aromatic carbocycles.